The molecule has 2 aromatic heterocycles. The smallest absolute Gasteiger partial charge is 0.354 e. The molecule has 2 rings (SSSR count). The van der Waals surface area contributed by atoms with E-state index >= 15 is 0 Å². The lowest BCUT2D eigenvalue weighted by molar-refractivity contribution is -0.125. The monoisotopic (exact) mass is 350 g/mol. The second-order valence-electron chi connectivity index (χ2n) is 5.48. The molecule has 4 N–H and O–H groups in total. The van der Waals surface area contributed by atoms with Crippen LogP contribution in [0.3, 0.4) is 0 Å². The van der Waals surface area contributed by atoms with Crippen LogP contribution in [0.5, 0.6) is 0 Å². The zero-order valence-electron chi connectivity index (χ0n) is 14.0. The van der Waals surface area contributed by atoms with E-state index in [1.807, 2.05) is 19.2 Å². The van der Waals surface area contributed by atoms with Gasteiger partial charge in [0.05, 0.1) is 18.2 Å². The van der Waals surface area contributed by atoms with Crippen molar-refractivity contribution >= 4 is 28.3 Å². The Balaban J connectivity index is 2.15. The van der Waals surface area contributed by atoms with Crippen molar-refractivity contribution in [3.05, 3.63) is 23.3 Å². The minimum Gasteiger partial charge on any atom is -0.464 e. The number of amides is 1. The summed E-state index contributed by atoms with van der Waals surface area (Å²) in [5, 5.41) is 5.18. The van der Waals surface area contributed by atoms with Gasteiger partial charge < -0.3 is 20.8 Å². The number of aromatic amines is 1. The van der Waals surface area contributed by atoms with E-state index < -0.39 is 11.4 Å². The molecule has 1 amide bonds. The standard InChI is InChI=1S/C16H22N4O3S/c1-4-16(5-2,9-17)14(22)20-15-19-12(8-24-15)10-6-11(18-7-10)13(21)23-3/h6-8,18H,4-5,9,17H2,1-3H3,(H,19,20,22). The number of methoxy groups -OCH3 is 1. The zero-order valence-corrected chi connectivity index (χ0v) is 14.8. The fourth-order valence-electron chi connectivity index (χ4n) is 2.42. The third-order valence-corrected chi connectivity index (χ3v) is 5.09. The predicted molar refractivity (Wildman–Crippen MR) is 93.9 cm³/mol. The van der Waals surface area contributed by atoms with Gasteiger partial charge in [-0.15, -0.1) is 11.3 Å². The fourth-order valence-corrected chi connectivity index (χ4v) is 3.13. The lowest BCUT2D eigenvalue weighted by Gasteiger charge is -2.27. The highest BCUT2D eigenvalue weighted by atomic mass is 32.1. The molecule has 0 radical (unpaired) electrons. The van der Waals surface area contributed by atoms with Gasteiger partial charge in [0, 0.05) is 23.7 Å². The molecule has 8 heteroatoms. The Morgan fingerprint density at radius 1 is 1.42 bits per heavy atom. The molecule has 0 aliphatic rings. The molecule has 0 unspecified atom stereocenters. The second-order valence-corrected chi connectivity index (χ2v) is 6.34. The van der Waals surface area contributed by atoms with E-state index in [9.17, 15) is 9.59 Å². The molecule has 0 bridgehead atoms. The lowest BCUT2D eigenvalue weighted by atomic mass is 9.81. The number of nitrogens with two attached hydrogens (primary N) is 1. The van der Waals surface area contributed by atoms with Crippen LogP contribution in [0.4, 0.5) is 5.13 Å². The summed E-state index contributed by atoms with van der Waals surface area (Å²) >= 11 is 1.33. The van der Waals surface area contributed by atoms with Crippen LogP contribution in [0.25, 0.3) is 11.3 Å². The Morgan fingerprint density at radius 3 is 2.71 bits per heavy atom. The number of hydrogen-bond acceptors (Lipinski definition) is 6. The van der Waals surface area contributed by atoms with E-state index in [4.69, 9.17) is 5.73 Å². The van der Waals surface area contributed by atoms with Crippen molar-refractivity contribution in [3.8, 4) is 11.3 Å². The summed E-state index contributed by atoms with van der Waals surface area (Å²) in [4.78, 5) is 31.2. The minimum atomic E-state index is -0.571. The van der Waals surface area contributed by atoms with Crippen LogP contribution in [-0.4, -0.2) is 35.5 Å². The molecule has 0 saturated heterocycles. The van der Waals surface area contributed by atoms with Crippen LogP contribution in [0.2, 0.25) is 0 Å². The van der Waals surface area contributed by atoms with Gasteiger partial charge in [-0.25, -0.2) is 9.78 Å². The first kappa shape index (κ1) is 18.2. The van der Waals surface area contributed by atoms with Gasteiger partial charge >= 0.3 is 5.97 Å². The second kappa shape index (κ2) is 7.59. The van der Waals surface area contributed by atoms with Crippen LogP contribution in [0, 0.1) is 5.41 Å². The summed E-state index contributed by atoms with van der Waals surface area (Å²) in [5.74, 6) is -0.552. The van der Waals surface area contributed by atoms with Crippen LogP contribution < -0.4 is 11.1 Å². The maximum atomic E-state index is 12.5. The molecule has 7 nitrogen and oxygen atoms in total. The number of H-pyrrole nitrogens is 1. The van der Waals surface area contributed by atoms with Crippen molar-refractivity contribution in [1.29, 1.82) is 0 Å². The Kier molecular flexibility index (Phi) is 5.74. The summed E-state index contributed by atoms with van der Waals surface area (Å²) < 4.78 is 4.66. The molecule has 2 heterocycles. The predicted octanol–water partition coefficient (Wildman–Crippen LogP) is 2.63. The number of thiazole rings is 1. The van der Waals surface area contributed by atoms with Crippen LogP contribution in [0.1, 0.15) is 37.2 Å². The van der Waals surface area contributed by atoms with Gasteiger partial charge in [0.15, 0.2) is 5.13 Å². The quantitative estimate of drug-likeness (QED) is 0.665. The first-order valence-corrected chi connectivity index (χ1v) is 8.61. The molecule has 0 spiro atoms. The van der Waals surface area contributed by atoms with Crippen LogP contribution in [-0.2, 0) is 9.53 Å². The van der Waals surface area contributed by atoms with Gasteiger partial charge in [0.2, 0.25) is 5.91 Å². The number of ether oxygens (including phenoxy) is 1. The van der Waals surface area contributed by atoms with Crippen molar-refractivity contribution in [2.45, 2.75) is 26.7 Å². The average molecular weight is 350 g/mol. The van der Waals surface area contributed by atoms with Gasteiger partial charge in [-0.05, 0) is 18.9 Å². The Hall–Kier alpha value is -2.19. The summed E-state index contributed by atoms with van der Waals surface area (Å²) in [6.07, 6.45) is 3.02. The normalized spacial score (nSPS) is 11.3. The number of anilines is 1. The summed E-state index contributed by atoms with van der Waals surface area (Å²) in [6, 6.07) is 1.66. The van der Waals surface area contributed by atoms with E-state index in [-0.39, 0.29) is 5.91 Å². The summed E-state index contributed by atoms with van der Waals surface area (Å²) in [5.41, 5.74) is 7.01. The lowest BCUT2D eigenvalue weighted by Crippen LogP contribution is -2.41. The number of carbonyl (C=O) groups is 2. The molecule has 24 heavy (non-hydrogen) atoms. The van der Waals surface area contributed by atoms with Crippen molar-refractivity contribution in [2.24, 2.45) is 11.1 Å². The zero-order chi connectivity index (χ0) is 17.7. The van der Waals surface area contributed by atoms with Gasteiger partial charge in [-0.1, -0.05) is 13.8 Å². The van der Waals surface area contributed by atoms with E-state index in [2.05, 4.69) is 20.0 Å². The maximum absolute atomic E-state index is 12.5. The third kappa shape index (κ3) is 3.49. The SMILES string of the molecule is CCC(CC)(CN)C(=O)Nc1nc(-c2c[nH]c(C(=O)OC)c2)cs1. The number of nitrogens with zero attached hydrogens (tertiary/aromatic N) is 1. The number of rotatable bonds is 7. The van der Waals surface area contributed by atoms with Crippen molar-refractivity contribution in [3.63, 3.8) is 0 Å². The minimum absolute atomic E-state index is 0.111. The maximum Gasteiger partial charge on any atom is 0.354 e. The van der Waals surface area contributed by atoms with E-state index in [1.54, 1.807) is 12.3 Å². The number of carbonyl (C=O) groups excluding carboxylic acids is 2. The van der Waals surface area contributed by atoms with Gasteiger partial charge in [0.25, 0.3) is 0 Å². The number of esters is 1. The van der Waals surface area contributed by atoms with Crippen LogP contribution in [0.15, 0.2) is 17.6 Å². The Labute approximate surface area is 144 Å². The molecule has 0 fully saturated rings. The number of aromatic nitrogens is 2. The molecule has 0 aromatic carbocycles. The molecule has 0 aliphatic heterocycles. The van der Waals surface area contributed by atoms with Crippen molar-refractivity contribution < 1.29 is 14.3 Å². The molecular formula is C16H22N4O3S. The summed E-state index contributed by atoms with van der Waals surface area (Å²) in [6.45, 7) is 4.21. The van der Waals surface area contributed by atoms with E-state index in [0.717, 1.165) is 5.56 Å². The average Bonchev–Trinajstić information content (AvgIpc) is 3.25. The largest absolute Gasteiger partial charge is 0.464 e. The van der Waals surface area contributed by atoms with Crippen molar-refractivity contribution in [1.82, 2.24) is 9.97 Å². The molecule has 0 saturated carbocycles. The Bertz CT molecular complexity index is 710. The Morgan fingerprint density at radius 2 is 2.12 bits per heavy atom. The topological polar surface area (TPSA) is 110 Å². The van der Waals surface area contributed by atoms with E-state index in [0.29, 0.717) is 35.9 Å². The van der Waals surface area contributed by atoms with Gasteiger partial charge in [-0.3, -0.25) is 4.79 Å². The highest BCUT2D eigenvalue weighted by Crippen LogP contribution is 2.30. The summed E-state index contributed by atoms with van der Waals surface area (Å²) in [7, 11) is 1.32. The first-order chi connectivity index (χ1) is 11.5. The first-order valence-electron chi connectivity index (χ1n) is 7.73. The van der Waals surface area contributed by atoms with Crippen molar-refractivity contribution in [2.75, 3.05) is 19.0 Å². The van der Waals surface area contributed by atoms with Gasteiger partial charge in [-0.2, -0.15) is 0 Å². The molecule has 0 aliphatic carbocycles. The fraction of sp³-hybridized carbons (Fsp3) is 0.438. The molecule has 2 aromatic rings. The number of hydrogen-bond donors (Lipinski definition) is 3. The molecule has 0 atom stereocenters. The highest BCUT2D eigenvalue weighted by molar-refractivity contribution is 7.14. The molecular weight excluding hydrogens is 328 g/mol. The number of nitrogens with one attached hydrogen (secondary N) is 2. The highest BCUT2D eigenvalue weighted by Gasteiger charge is 2.33. The molecule has 130 valence electrons. The third-order valence-electron chi connectivity index (χ3n) is 4.33. The van der Waals surface area contributed by atoms with Crippen LogP contribution >= 0.6 is 11.3 Å². The van der Waals surface area contributed by atoms with E-state index in [1.165, 1.54) is 18.4 Å². The van der Waals surface area contributed by atoms with Gasteiger partial charge in [0.1, 0.15) is 5.69 Å².